The molecule has 1 amide bonds. The standard InChI is InChI=1S/C14H18N4OS2/c1-4-8-15-13(19)10(3)21-14-17-16-12(18(14)5-2)11-7-6-9-20-11/h4,6-7,9-10H,1,5,8H2,2-3H3,(H,15,19). The van der Waals surface area contributed by atoms with Crippen LogP contribution in [-0.4, -0.2) is 32.5 Å². The molecule has 0 spiro atoms. The molecule has 7 heteroatoms. The molecule has 1 unspecified atom stereocenters. The van der Waals surface area contributed by atoms with E-state index in [0.29, 0.717) is 6.54 Å². The van der Waals surface area contributed by atoms with Crippen LogP contribution in [0.1, 0.15) is 13.8 Å². The van der Waals surface area contributed by atoms with Crippen LogP contribution in [0.5, 0.6) is 0 Å². The first-order valence-corrected chi connectivity index (χ1v) is 8.45. The molecule has 21 heavy (non-hydrogen) atoms. The number of amides is 1. The molecule has 2 aromatic rings. The molecule has 2 aromatic heterocycles. The van der Waals surface area contributed by atoms with Crippen LogP contribution in [0.25, 0.3) is 10.7 Å². The number of aromatic nitrogens is 3. The number of nitrogens with zero attached hydrogens (tertiary/aromatic N) is 3. The Balaban J connectivity index is 2.14. The SMILES string of the molecule is C=CCNC(=O)C(C)Sc1nnc(-c2cccs2)n1CC. The number of hydrogen-bond donors (Lipinski definition) is 1. The van der Waals surface area contributed by atoms with Gasteiger partial charge in [0.1, 0.15) is 0 Å². The predicted octanol–water partition coefficient (Wildman–Crippen LogP) is 2.81. The maximum atomic E-state index is 11.9. The number of nitrogens with one attached hydrogen (secondary N) is 1. The summed E-state index contributed by atoms with van der Waals surface area (Å²) in [6, 6.07) is 4.02. The van der Waals surface area contributed by atoms with Gasteiger partial charge < -0.3 is 9.88 Å². The normalized spacial score (nSPS) is 12.1. The Morgan fingerprint density at radius 3 is 3.05 bits per heavy atom. The third kappa shape index (κ3) is 3.74. The van der Waals surface area contributed by atoms with Gasteiger partial charge in [0.15, 0.2) is 11.0 Å². The summed E-state index contributed by atoms with van der Waals surface area (Å²) >= 11 is 3.05. The molecule has 1 atom stereocenters. The summed E-state index contributed by atoms with van der Waals surface area (Å²) < 4.78 is 2.04. The van der Waals surface area contributed by atoms with Gasteiger partial charge >= 0.3 is 0 Å². The van der Waals surface area contributed by atoms with E-state index in [1.165, 1.54) is 11.8 Å². The van der Waals surface area contributed by atoms with Crippen molar-refractivity contribution in [3.63, 3.8) is 0 Å². The highest BCUT2D eigenvalue weighted by molar-refractivity contribution is 8.00. The second-order valence-corrected chi connectivity index (χ2v) is 6.58. The first-order valence-electron chi connectivity index (χ1n) is 6.69. The highest BCUT2D eigenvalue weighted by Crippen LogP contribution is 2.28. The molecule has 0 aliphatic heterocycles. The van der Waals surface area contributed by atoms with Gasteiger partial charge in [0.05, 0.1) is 10.1 Å². The zero-order valence-electron chi connectivity index (χ0n) is 12.1. The second-order valence-electron chi connectivity index (χ2n) is 4.32. The number of thiophene rings is 1. The lowest BCUT2D eigenvalue weighted by atomic mass is 10.4. The highest BCUT2D eigenvalue weighted by atomic mass is 32.2. The minimum Gasteiger partial charge on any atom is -0.352 e. The number of thioether (sulfide) groups is 1. The van der Waals surface area contributed by atoms with Crippen LogP contribution in [0.2, 0.25) is 0 Å². The molecule has 0 aromatic carbocycles. The lowest BCUT2D eigenvalue weighted by molar-refractivity contribution is -0.120. The zero-order chi connectivity index (χ0) is 15.2. The third-order valence-corrected chi connectivity index (χ3v) is 4.79. The van der Waals surface area contributed by atoms with Crippen LogP contribution < -0.4 is 5.32 Å². The lowest BCUT2D eigenvalue weighted by Gasteiger charge is -2.11. The van der Waals surface area contributed by atoms with E-state index >= 15 is 0 Å². The molecule has 1 N–H and O–H groups in total. The topological polar surface area (TPSA) is 59.8 Å². The van der Waals surface area contributed by atoms with E-state index < -0.39 is 0 Å². The number of carbonyl (C=O) groups is 1. The predicted molar refractivity (Wildman–Crippen MR) is 87.5 cm³/mol. The average Bonchev–Trinajstić information content (AvgIpc) is 3.13. The van der Waals surface area contributed by atoms with E-state index in [9.17, 15) is 4.79 Å². The Morgan fingerprint density at radius 1 is 1.62 bits per heavy atom. The van der Waals surface area contributed by atoms with E-state index in [-0.39, 0.29) is 11.2 Å². The van der Waals surface area contributed by atoms with Crippen molar-refractivity contribution in [3.05, 3.63) is 30.2 Å². The largest absolute Gasteiger partial charge is 0.352 e. The fraction of sp³-hybridized carbons (Fsp3) is 0.357. The van der Waals surface area contributed by atoms with E-state index in [0.717, 1.165) is 22.4 Å². The minimum atomic E-state index is -0.226. The molecule has 0 bridgehead atoms. The Hall–Kier alpha value is -1.60. The monoisotopic (exact) mass is 322 g/mol. The van der Waals surface area contributed by atoms with Crippen molar-refractivity contribution in [1.82, 2.24) is 20.1 Å². The molecular weight excluding hydrogens is 304 g/mol. The van der Waals surface area contributed by atoms with Crippen molar-refractivity contribution in [2.75, 3.05) is 6.54 Å². The minimum absolute atomic E-state index is 0.0248. The van der Waals surface area contributed by atoms with Gasteiger partial charge in [-0.05, 0) is 25.3 Å². The summed E-state index contributed by atoms with van der Waals surface area (Å²) in [7, 11) is 0. The van der Waals surface area contributed by atoms with Crippen molar-refractivity contribution in [2.24, 2.45) is 0 Å². The van der Waals surface area contributed by atoms with Crippen LogP contribution in [0.3, 0.4) is 0 Å². The molecule has 112 valence electrons. The molecule has 5 nitrogen and oxygen atoms in total. The Bertz CT molecular complexity index is 607. The zero-order valence-corrected chi connectivity index (χ0v) is 13.7. The molecule has 0 fully saturated rings. The quantitative estimate of drug-likeness (QED) is 0.629. The number of hydrogen-bond acceptors (Lipinski definition) is 5. The Kier molecular flexibility index (Phi) is 5.58. The summed E-state index contributed by atoms with van der Waals surface area (Å²) in [6.07, 6.45) is 1.67. The van der Waals surface area contributed by atoms with Gasteiger partial charge in [-0.25, -0.2) is 0 Å². The maximum absolute atomic E-state index is 11.9. The molecular formula is C14H18N4OS2. The van der Waals surface area contributed by atoms with Gasteiger partial charge in [-0.3, -0.25) is 4.79 Å². The van der Waals surface area contributed by atoms with Crippen LogP contribution >= 0.6 is 23.1 Å². The first-order chi connectivity index (χ1) is 10.2. The second kappa shape index (κ2) is 7.42. The van der Waals surface area contributed by atoms with E-state index in [4.69, 9.17) is 0 Å². The summed E-state index contributed by atoms with van der Waals surface area (Å²) in [4.78, 5) is 13.0. The molecule has 0 aliphatic carbocycles. The van der Waals surface area contributed by atoms with Crippen molar-refractivity contribution in [2.45, 2.75) is 30.8 Å². The van der Waals surface area contributed by atoms with Crippen molar-refractivity contribution < 1.29 is 4.79 Å². The maximum Gasteiger partial charge on any atom is 0.233 e. The molecule has 0 saturated heterocycles. The van der Waals surface area contributed by atoms with Gasteiger partial charge in [-0.2, -0.15) is 0 Å². The molecule has 2 heterocycles. The third-order valence-electron chi connectivity index (χ3n) is 2.85. The first kappa shape index (κ1) is 15.8. The average molecular weight is 322 g/mol. The van der Waals surface area contributed by atoms with Gasteiger partial charge in [0.2, 0.25) is 5.91 Å². The Labute approximate surface area is 132 Å². The van der Waals surface area contributed by atoms with Crippen LogP contribution in [0, 0.1) is 0 Å². The van der Waals surface area contributed by atoms with Crippen molar-refractivity contribution >= 4 is 29.0 Å². The smallest absolute Gasteiger partial charge is 0.233 e. The van der Waals surface area contributed by atoms with Crippen LogP contribution in [0.15, 0.2) is 35.3 Å². The summed E-state index contributed by atoms with van der Waals surface area (Å²) in [5.74, 6) is 0.830. The lowest BCUT2D eigenvalue weighted by Crippen LogP contribution is -2.31. The van der Waals surface area contributed by atoms with E-state index in [2.05, 4.69) is 22.1 Å². The van der Waals surface area contributed by atoms with Crippen molar-refractivity contribution in [3.8, 4) is 10.7 Å². The highest BCUT2D eigenvalue weighted by Gasteiger charge is 2.20. The molecule has 0 saturated carbocycles. The molecule has 2 rings (SSSR count). The fourth-order valence-electron chi connectivity index (χ4n) is 1.78. The van der Waals surface area contributed by atoms with Gasteiger partial charge in [0.25, 0.3) is 0 Å². The van der Waals surface area contributed by atoms with Crippen LogP contribution in [0.4, 0.5) is 0 Å². The van der Waals surface area contributed by atoms with Gasteiger partial charge in [-0.15, -0.1) is 28.1 Å². The number of rotatable bonds is 7. The summed E-state index contributed by atoms with van der Waals surface area (Å²) in [5, 5.41) is 13.8. The Morgan fingerprint density at radius 2 is 2.43 bits per heavy atom. The van der Waals surface area contributed by atoms with E-state index in [1.54, 1.807) is 17.4 Å². The van der Waals surface area contributed by atoms with E-state index in [1.807, 2.05) is 35.9 Å². The fourth-order valence-corrected chi connectivity index (χ4v) is 3.43. The summed E-state index contributed by atoms with van der Waals surface area (Å²) in [6.45, 7) is 8.74. The van der Waals surface area contributed by atoms with Crippen molar-refractivity contribution in [1.29, 1.82) is 0 Å². The van der Waals surface area contributed by atoms with Gasteiger partial charge in [0, 0.05) is 13.1 Å². The van der Waals surface area contributed by atoms with Gasteiger partial charge in [-0.1, -0.05) is 23.9 Å². The number of carbonyl (C=O) groups excluding carboxylic acids is 1. The van der Waals surface area contributed by atoms with Crippen LogP contribution in [-0.2, 0) is 11.3 Å². The molecule has 0 radical (unpaired) electrons. The summed E-state index contributed by atoms with van der Waals surface area (Å²) in [5.41, 5.74) is 0. The molecule has 0 aliphatic rings.